The molecule has 0 aromatic heterocycles. The Balaban J connectivity index is 2.24. The number of benzene rings is 2. The fourth-order valence-corrected chi connectivity index (χ4v) is 5.30. The second kappa shape index (κ2) is 12.6. The molecule has 0 saturated heterocycles. The number of carbonyl (C=O) groups excluding carboxylic acids is 2. The van der Waals surface area contributed by atoms with E-state index in [0.717, 1.165) is 11.1 Å². The molecule has 0 saturated carbocycles. The summed E-state index contributed by atoms with van der Waals surface area (Å²) in [6, 6.07) is 10.3. The predicted molar refractivity (Wildman–Crippen MR) is 158 cm³/mol. The second-order valence-corrected chi connectivity index (χ2v) is 15.8. The molecule has 0 spiro atoms. The van der Waals surface area contributed by atoms with Crippen molar-refractivity contribution >= 4 is 31.6 Å². The van der Waals surface area contributed by atoms with Crippen LogP contribution >= 0.6 is 0 Å². The minimum Gasteiger partial charge on any atom is -0.504 e. The van der Waals surface area contributed by atoms with Gasteiger partial charge >= 0.3 is 6.09 Å². The Morgan fingerprint density at radius 1 is 1.18 bits per heavy atom. The number of anilines is 1. The number of fused-ring (bicyclic) bond motifs is 1. The lowest BCUT2D eigenvalue weighted by molar-refractivity contribution is 0.0968. The van der Waals surface area contributed by atoms with Gasteiger partial charge in [-0.25, -0.2) is 4.79 Å². The molecule has 10 heteroatoms. The molecule has 0 bridgehead atoms. The smallest absolute Gasteiger partial charge is 0.416 e. The first-order valence-electron chi connectivity index (χ1n) is 13.1. The van der Waals surface area contributed by atoms with Crippen LogP contribution in [-0.2, 0) is 9.16 Å². The van der Waals surface area contributed by atoms with E-state index < -0.39 is 26.5 Å². The predicted octanol–water partition coefficient (Wildman–Crippen LogP) is 6.45. The molecule has 1 atom stereocenters. The molecular weight excluding hydrogens is 528 g/mol. The van der Waals surface area contributed by atoms with E-state index in [1.807, 2.05) is 24.3 Å². The lowest BCUT2D eigenvalue weighted by Crippen LogP contribution is -2.52. The molecule has 1 unspecified atom stereocenters. The van der Waals surface area contributed by atoms with E-state index in [-0.39, 0.29) is 34.4 Å². The number of carbonyl (C=O) groups is 2. The third-order valence-corrected chi connectivity index (χ3v) is 11.8. The van der Waals surface area contributed by atoms with Crippen molar-refractivity contribution in [2.45, 2.75) is 58.0 Å². The van der Waals surface area contributed by atoms with Crippen LogP contribution in [0, 0.1) is 0 Å². The van der Waals surface area contributed by atoms with Crippen molar-refractivity contribution in [2.75, 3.05) is 25.7 Å². The van der Waals surface area contributed by atoms with Crippen molar-refractivity contribution < 1.29 is 33.3 Å². The van der Waals surface area contributed by atoms with Crippen LogP contribution in [0.1, 0.15) is 49.5 Å². The van der Waals surface area contributed by atoms with Gasteiger partial charge in [0, 0.05) is 12.3 Å². The van der Waals surface area contributed by atoms with Crippen molar-refractivity contribution in [1.29, 1.82) is 0 Å². The Hall–Kier alpha value is -3.76. The summed E-state index contributed by atoms with van der Waals surface area (Å²) in [5.41, 5.74) is 1.99. The number of ether oxygens (including phenoxy) is 3. The van der Waals surface area contributed by atoms with E-state index in [9.17, 15) is 14.7 Å². The number of methoxy groups -OCH3 is 2. The van der Waals surface area contributed by atoms with Gasteiger partial charge in [-0.3, -0.25) is 9.69 Å². The SMILES string of the molecule is C=CCOC(=O)N1c2cc(O)c(OC)cc2C(=O)N/C=C(/c2ccc(OC)cc2)CCC1O[Si](C)(C)C(C)(C)C. The minimum atomic E-state index is -2.46. The molecule has 2 aromatic carbocycles. The number of allylic oxidation sites excluding steroid dienone is 1. The number of hydrogen-bond acceptors (Lipinski definition) is 7. The molecular formula is C30H40N2O7Si. The van der Waals surface area contributed by atoms with Gasteiger partial charge in [-0.2, -0.15) is 0 Å². The van der Waals surface area contributed by atoms with Gasteiger partial charge in [0.1, 0.15) is 18.6 Å². The highest BCUT2D eigenvalue weighted by Gasteiger charge is 2.43. The lowest BCUT2D eigenvalue weighted by atomic mass is 10.00. The Morgan fingerprint density at radius 2 is 1.85 bits per heavy atom. The molecule has 2 aromatic rings. The molecule has 1 heterocycles. The number of rotatable bonds is 7. The van der Waals surface area contributed by atoms with Gasteiger partial charge in [0.2, 0.25) is 0 Å². The second-order valence-electron chi connectivity index (χ2n) is 11.0. The first-order valence-corrected chi connectivity index (χ1v) is 16.0. The highest BCUT2D eigenvalue weighted by Crippen LogP contribution is 2.42. The van der Waals surface area contributed by atoms with Crippen LogP contribution < -0.4 is 19.7 Å². The van der Waals surface area contributed by atoms with Gasteiger partial charge in [0.15, 0.2) is 19.8 Å². The van der Waals surface area contributed by atoms with Gasteiger partial charge in [0.25, 0.3) is 5.91 Å². The third-order valence-electron chi connectivity index (χ3n) is 7.35. The zero-order chi connectivity index (χ0) is 29.7. The van der Waals surface area contributed by atoms with Crippen molar-refractivity contribution in [3.63, 3.8) is 0 Å². The highest BCUT2D eigenvalue weighted by atomic mass is 28.4. The number of hydrogen-bond donors (Lipinski definition) is 2. The molecule has 2 N–H and O–H groups in total. The topological polar surface area (TPSA) is 107 Å². The van der Waals surface area contributed by atoms with Crippen molar-refractivity contribution in [2.24, 2.45) is 0 Å². The molecule has 0 fully saturated rings. The average Bonchev–Trinajstić information content (AvgIpc) is 2.90. The quantitative estimate of drug-likeness (QED) is 0.292. The van der Waals surface area contributed by atoms with E-state index in [4.69, 9.17) is 18.6 Å². The molecule has 1 aliphatic rings. The summed E-state index contributed by atoms with van der Waals surface area (Å²) in [4.78, 5) is 28.5. The monoisotopic (exact) mass is 568 g/mol. The van der Waals surface area contributed by atoms with Gasteiger partial charge in [-0.1, -0.05) is 45.6 Å². The summed E-state index contributed by atoms with van der Waals surface area (Å²) in [7, 11) is 0.535. The number of amides is 2. The molecule has 9 nitrogen and oxygen atoms in total. The summed E-state index contributed by atoms with van der Waals surface area (Å²) in [6.45, 7) is 14.1. The maximum Gasteiger partial charge on any atom is 0.416 e. The van der Waals surface area contributed by atoms with E-state index in [1.165, 1.54) is 30.2 Å². The summed E-state index contributed by atoms with van der Waals surface area (Å²) < 4.78 is 22.9. The largest absolute Gasteiger partial charge is 0.504 e. The maximum absolute atomic E-state index is 13.6. The van der Waals surface area contributed by atoms with Crippen molar-refractivity contribution in [1.82, 2.24) is 5.32 Å². The molecule has 40 heavy (non-hydrogen) atoms. The lowest BCUT2D eigenvalue weighted by Gasteiger charge is -2.43. The first-order chi connectivity index (χ1) is 18.8. The summed E-state index contributed by atoms with van der Waals surface area (Å²) in [5, 5.41) is 13.4. The third kappa shape index (κ3) is 6.86. The Kier molecular flexibility index (Phi) is 9.70. The first kappa shape index (κ1) is 30.8. The van der Waals surface area contributed by atoms with Gasteiger partial charge in [-0.15, -0.1) is 0 Å². The normalized spacial score (nSPS) is 17.6. The van der Waals surface area contributed by atoms with Crippen LogP contribution in [0.25, 0.3) is 5.57 Å². The van der Waals surface area contributed by atoms with Crippen LogP contribution in [-0.4, -0.2) is 52.5 Å². The summed E-state index contributed by atoms with van der Waals surface area (Å²) in [5.74, 6) is 0.0814. The zero-order valence-corrected chi connectivity index (χ0v) is 25.4. The summed E-state index contributed by atoms with van der Waals surface area (Å²) in [6.07, 6.45) is 2.45. The standard InChI is InChI=1S/C30H40N2O7Si/c1-9-16-38-29(35)32-24-18-25(33)26(37-6)17-23(24)28(34)31-19-21(20-10-13-22(36-5)14-11-20)12-15-27(32)39-40(7,8)30(2,3)4/h9-11,13-14,17-19,27,33H,1,12,15-16H2,2-8H3,(H,31,34)/b21-19+. The number of phenols is 1. The van der Waals surface area contributed by atoms with E-state index in [0.29, 0.717) is 18.6 Å². The van der Waals surface area contributed by atoms with Gasteiger partial charge < -0.3 is 29.1 Å². The van der Waals surface area contributed by atoms with Crippen molar-refractivity contribution in [3.8, 4) is 17.2 Å². The number of aromatic hydroxyl groups is 1. The van der Waals surface area contributed by atoms with Crippen LogP contribution in [0.3, 0.4) is 0 Å². The van der Waals surface area contributed by atoms with Crippen LogP contribution in [0.5, 0.6) is 17.2 Å². The van der Waals surface area contributed by atoms with Crippen molar-refractivity contribution in [3.05, 3.63) is 66.4 Å². The Morgan fingerprint density at radius 3 is 2.42 bits per heavy atom. The molecule has 0 radical (unpaired) electrons. The van der Waals surface area contributed by atoms with Gasteiger partial charge in [-0.05, 0) is 60.3 Å². The van der Waals surface area contributed by atoms with E-state index >= 15 is 0 Å². The number of nitrogens with zero attached hydrogens (tertiary/aromatic N) is 1. The highest BCUT2D eigenvalue weighted by molar-refractivity contribution is 6.74. The summed E-state index contributed by atoms with van der Waals surface area (Å²) >= 11 is 0. The minimum absolute atomic E-state index is 0.0389. The number of nitrogens with one attached hydrogen (secondary N) is 1. The fraction of sp³-hybridized carbons (Fsp3) is 0.400. The Labute approximate surface area is 237 Å². The molecule has 3 rings (SSSR count). The molecule has 2 amide bonds. The maximum atomic E-state index is 13.6. The fourth-order valence-electron chi connectivity index (χ4n) is 4.04. The van der Waals surface area contributed by atoms with E-state index in [2.05, 4.69) is 45.8 Å². The zero-order valence-electron chi connectivity index (χ0n) is 24.4. The van der Waals surface area contributed by atoms with Gasteiger partial charge in [0.05, 0.1) is 25.5 Å². The Bertz CT molecular complexity index is 1270. The average molecular weight is 569 g/mol. The van der Waals surface area contributed by atoms with Crippen LogP contribution in [0.15, 0.2) is 55.3 Å². The van der Waals surface area contributed by atoms with Crippen LogP contribution in [0.4, 0.5) is 10.5 Å². The number of phenolic OH excluding ortho intramolecular Hbond substituents is 1. The molecule has 216 valence electrons. The van der Waals surface area contributed by atoms with Crippen LogP contribution in [0.2, 0.25) is 18.1 Å². The van der Waals surface area contributed by atoms with E-state index in [1.54, 1.807) is 13.3 Å². The molecule has 1 aliphatic heterocycles. The molecule has 0 aliphatic carbocycles.